The Labute approximate surface area is 131 Å². The Morgan fingerprint density at radius 3 is 2.64 bits per heavy atom. The maximum Gasteiger partial charge on any atom is 0.333 e. The summed E-state index contributed by atoms with van der Waals surface area (Å²) in [6, 6.07) is 3.35. The zero-order valence-electron chi connectivity index (χ0n) is 13.5. The highest BCUT2D eigenvalue weighted by molar-refractivity contribution is 5.88. The fraction of sp³-hybridized carbons (Fsp3) is 0.438. The van der Waals surface area contributed by atoms with Gasteiger partial charge in [0, 0.05) is 11.8 Å². The molecular formula is C16H23N3O3. The Kier molecular flexibility index (Phi) is 6.10. The van der Waals surface area contributed by atoms with E-state index in [0.29, 0.717) is 11.4 Å². The first kappa shape index (κ1) is 17.7. The van der Waals surface area contributed by atoms with Gasteiger partial charge in [-0.3, -0.25) is 5.32 Å². The highest BCUT2D eigenvalue weighted by Gasteiger charge is 2.14. The topological polar surface area (TPSA) is 80.3 Å². The number of carbonyl (C=O) groups is 2. The zero-order chi connectivity index (χ0) is 16.8. The number of esters is 1. The van der Waals surface area contributed by atoms with Crippen LogP contribution in [-0.4, -0.2) is 30.1 Å². The van der Waals surface area contributed by atoms with Gasteiger partial charge in [-0.15, -0.1) is 0 Å². The van der Waals surface area contributed by atoms with E-state index >= 15 is 0 Å². The van der Waals surface area contributed by atoms with Gasteiger partial charge in [0.1, 0.15) is 12.4 Å². The van der Waals surface area contributed by atoms with Gasteiger partial charge in [0.15, 0.2) is 0 Å². The Morgan fingerprint density at radius 1 is 1.36 bits per heavy atom. The molecule has 0 fully saturated rings. The number of pyridine rings is 1. The molecule has 0 aliphatic rings. The Morgan fingerprint density at radius 2 is 2.05 bits per heavy atom. The van der Waals surface area contributed by atoms with Crippen molar-refractivity contribution in [2.75, 3.05) is 18.5 Å². The number of aromatic nitrogens is 1. The lowest BCUT2D eigenvalue weighted by Gasteiger charge is -2.19. The minimum Gasteiger partial charge on any atom is -0.460 e. The molecule has 0 saturated heterocycles. The van der Waals surface area contributed by atoms with Crippen molar-refractivity contribution in [2.45, 2.75) is 33.1 Å². The van der Waals surface area contributed by atoms with Crippen LogP contribution in [0.25, 0.3) is 0 Å². The Bertz CT molecular complexity index is 562. The molecular weight excluding hydrogens is 282 g/mol. The average molecular weight is 305 g/mol. The van der Waals surface area contributed by atoms with Crippen LogP contribution < -0.4 is 10.6 Å². The second-order valence-corrected chi connectivity index (χ2v) is 5.98. The molecule has 0 unspecified atom stereocenters. The standard InChI is InChI=1S/C16H23N3O3/c1-11(2)14(20)22-9-8-18-15(21)19-13-10-12(6-7-17-13)16(3,4)5/h6-7,10H,1,8-9H2,2-5H3,(H2,17,18,19,21). The first-order valence-electron chi connectivity index (χ1n) is 7.04. The molecule has 0 aliphatic heterocycles. The van der Waals surface area contributed by atoms with E-state index in [2.05, 4.69) is 43.0 Å². The van der Waals surface area contributed by atoms with Crippen LogP contribution in [0.1, 0.15) is 33.3 Å². The fourth-order valence-electron chi connectivity index (χ4n) is 1.56. The number of nitrogens with one attached hydrogen (secondary N) is 2. The van der Waals surface area contributed by atoms with Crippen LogP contribution in [0.15, 0.2) is 30.5 Å². The summed E-state index contributed by atoms with van der Waals surface area (Å²) in [5.41, 5.74) is 1.38. The van der Waals surface area contributed by atoms with Gasteiger partial charge >= 0.3 is 12.0 Å². The molecule has 0 saturated carbocycles. The molecule has 1 aromatic rings. The van der Waals surface area contributed by atoms with E-state index in [4.69, 9.17) is 4.74 Å². The summed E-state index contributed by atoms with van der Waals surface area (Å²) >= 11 is 0. The van der Waals surface area contributed by atoms with Crippen molar-refractivity contribution >= 4 is 17.8 Å². The molecule has 0 aliphatic carbocycles. The number of anilines is 1. The van der Waals surface area contributed by atoms with Crippen LogP contribution in [0.3, 0.4) is 0 Å². The number of urea groups is 1. The number of nitrogens with zero attached hydrogens (tertiary/aromatic N) is 1. The lowest BCUT2D eigenvalue weighted by Crippen LogP contribution is -2.32. The normalized spacial score (nSPS) is 10.7. The van der Waals surface area contributed by atoms with Crippen molar-refractivity contribution in [1.29, 1.82) is 0 Å². The fourth-order valence-corrected chi connectivity index (χ4v) is 1.56. The molecule has 0 radical (unpaired) electrons. The van der Waals surface area contributed by atoms with Gasteiger partial charge in [0.05, 0.1) is 6.54 Å². The summed E-state index contributed by atoms with van der Waals surface area (Å²) < 4.78 is 4.87. The van der Waals surface area contributed by atoms with Crippen molar-refractivity contribution < 1.29 is 14.3 Å². The van der Waals surface area contributed by atoms with Crippen LogP contribution in [-0.2, 0) is 14.9 Å². The molecule has 0 spiro atoms. The molecule has 22 heavy (non-hydrogen) atoms. The largest absolute Gasteiger partial charge is 0.460 e. The summed E-state index contributed by atoms with van der Waals surface area (Å²) in [6.07, 6.45) is 1.66. The smallest absolute Gasteiger partial charge is 0.333 e. The van der Waals surface area contributed by atoms with E-state index in [1.54, 1.807) is 13.1 Å². The monoisotopic (exact) mass is 305 g/mol. The minimum atomic E-state index is -0.471. The molecule has 1 rings (SSSR count). The second-order valence-electron chi connectivity index (χ2n) is 5.98. The third kappa shape index (κ3) is 5.95. The maximum absolute atomic E-state index is 11.7. The quantitative estimate of drug-likeness (QED) is 0.498. The number of amides is 2. The highest BCUT2D eigenvalue weighted by Crippen LogP contribution is 2.23. The molecule has 6 heteroatoms. The summed E-state index contributed by atoms with van der Waals surface area (Å²) in [6.45, 7) is 11.6. The molecule has 2 amide bonds. The minimum absolute atomic E-state index is 0.0212. The summed E-state index contributed by atoms with van der Waals surface area (Å²) in [7, 11) is 0. The van der Waals surface area contributed by atoms with Crippen LogP contribution in [0.5, 0.6) is 0 Å². The van der Waals surface area contributed by atoms with E-state index in [9.17, 15) is 9.59 Å². The lowest BCUT2D eigenvalue weighted by molar-refractivity contribution is -0.138. The zero-order valence-corrected chi connectivity index (χ0v) is 13.5. The average Bonchev–Trinajstić information content (AvgIpc) is 2.42. The van der Waals surface area contributed by atoms with Crippen molar-refractivity contribution in [3.63, 3.8) is 0 Å². The first-order valence-corrected chi connectivity index (χ1v) is 7.04. The van der Waals surface area contributed by atoms with Crippen molar-refractivity contribution in [3.05, 3.63) is 36.0 Å². The van der Waals surface area contributed by atoms with Crippen molar-refractivity contribution in [2.24, 2.45) is 0 Å². The van der Waals surface area contributed by atoms with Crippen molar-refractivity contribution in [3.8, 4) is 0 Å². The van der Waals surface area contributed by atoms with E-state index in [0.717, 1.165) is 5.56 Å². The van der Waals surface area contributed by atoms with E-state index in [1.807, 2.05) is 12.1 Å². The number of ether oxygens (including phenoxy) is 1. The SMILES string of the molecule is C=C(C)C(=O)OCCNC(=O)Nc1cc(C(C)(C)C)ccn1. The predicted molar refractivity (Wildman–Crippen MR) is 85.7 cm³/mol. The van der Waals surface area contributed by atoms with Gasteiger partial charge in [-0.25, -0.2) is 14.6 Å². The molecule has 2 N–H and O–H groups in total. The van der Waals surface area contributed by atoms with Crippen LogP contribution >= 0.6 is 0 Å². The molecule has 120 valence electrons. The molecule has 1 heterocycles. The van der Waals surface area contributed by atoms with Gasteiger partial charge in [-0.2, -0.15) is 0 Å². The highest BCUT2D eigenvalue weighted by atomic mass is 16.5. The molecule has 0 atom stereocenters. The molecule has 1 aromatic heterocycles. The maximum atomic E-state index is 11.7. The second kappa shape index (κ2) is 7.59. The van der Waals surface area contributed by atoms with Crippen LogP contribution in [0, 0.1) is 0 Å². The third-order valence-electron chi connectivity index (χ3n) is 2.84. The van der Waals surface area contributed by atoms with E-state index < -0.39 is 12.0 Å². The molecule has 0 bridgehead atoms. The Balaban J connectivity index is 2.43. The van der Waals surface area contributed by atoms with Gasteiger partial charge < -0.3 is 10.1 Å². The van der Waals surface area contributed by atoms with Crippen LogP contribution in [0.4, 0.5) is 10.6 Å². The van der Waals surface area contributed by atoms with Crippen molar-refractivity contribution in [1.82, 2.24) is 10.3 Å². The van der Waals surface area contributed by atoms with E-state index in [1.165, 1.54) is 0 Å². The molecule has 0 aromatic carbocycles. The van der Waals surface area contributed by atoms with Crippen LogP contribution in [0.2, 0.25) is 0 Å². The lowest BCUT2D eigenvalue weighted by atomic mass is 9.88. The van der Waals surface area contributed by atoms with Gasteiger partial charge in [0.2, 0.25) is 0 Å². The third-order valence-corrected chi connectivity index (χ3v) is 2.84. The van der Waals surface area contributed by atoms with Gasteiger partial charge in [-0.05, 0) is 30.0 Å². The number of carbonyl (C=O) groups excluding carboxylic acids is 2. The predicted octanol–water partition coefficient (Wildman–Crippen LogP) is 2.62. The number of rotatable bonds is 5. The number of hydrogen-bond donors (Lipinski definition) is 2. The summed E-state index contributed by atoms with van der Waals surface area (Å²) in [4.78, 5) is 27.0. The van der Waals surface area contributed by atoms with Gasteiger partial charge in [-0.1, -0.05) is 27.4 Å². The molecule has 6 nitrogen and oxygen atoms in total. The van der Waals surface area contributed by atoms with E-state index in [-0.39, 0.29) is 18.6 Å². The van der Waals surface area contributed by atoms with Gasteiger partial charge in [0.25, 0.3) is 0 Å². The summed E-state index contributed by atoms with van der Waals surface area (Å²) in [5.74, 6) is 0.00519. The Hall–Kier alpha value is -2.37. The first-order chi connectivity index (χ1) is 10.2. The number of hydrogen-bond acceptors (Lipinski definition) is 4. The summed E-state index contributed by atoms with van der Waals surface area (Å²) in [5, 5.41) is 5.23.